The zero-order valence-electron chi connectivity index (χ0n) is 10.4. The highest BCUT2D eigenvalue weighted by Crippen LogP contribution is 2.07. The van der Waals surface area contributed by atoms with Crippen LogP contribution in [0.15, 0.2) is 0 Å². The maximum atomic E-state index is 11.1. The molecule has 0 aromatic heterocycles. The van der Waals surface area contributed by atoms with Crippen LogP contribution in [0.1, 0.15) is 26.2 Å². The first-order chi connectivity index (χ1) is 7.63. The average Bonchev–Trinajstić information content (AvgIpc) is 2.78. The number of likely N-dealkylation sites (N-methyl/N-ethyl adjacent to an activating group) is 1. The molecule has 1 saturated heterocycles. The number of hydrazine groups is 1. The summed E-state index contributed by atoms with van der Waals surface area (Å²) in [5.74, 6) is 4.97. The van der Waals surface area contributed by atoms with Crippen molar-refractivity contribution in [1.29, 1.82) is 0 Å². The first kappa shape index (κ1) is 13.4. The lowest BCUT2D eigenvalue weighted by atomic mass is 10.2. The zero-order valence-corrected chi connectivity index (χ0v) is 10.4. The van der Waals surface area contributed by atoms with Crippen molar-refractivity contribution in [3.63, 3.8) is 0 Å². The van der Waals surface area contributed by atoms with E-state index in [0.29, 0.717) is 6.42 Å². The van der Waals surface area contributed by atoms with Gasteiger partial charge in [-0.3, -0.25) is 10.2 Å². The Morgan fingerprint density at radius 3 is 2.69 bits per heavy atom. The lowest BCUT2D eigenvalue weighted by Crippen LogP contribution is -2.40. The third-order valence-electron chi connectivity index (χ3n) is 3.36. The molecule has 1 aliphatic heterocycles. The van der Waals surface area contributed by atoms with Crippen molar-refractivity contribution >= 4 is 5.91 Å². The van der Waals surface area contributed by atoms with Gasteiger partial charge in [-0.25, -0.2) is 5.84 Å². The normalized spacial score (nSPS) is 19.0. The number of likely N-dealkylation sites (tertiary alicyclic amines) is 1. The summed E-state index contributed by atoms with van der Waals surface area (Å²) in [6.45, 7) is 6.63. The molecule has 16 heavy (non-hydrogen) atoms. The van der Waals surface area contributed by atoms with E-state index in [1.807, 2.05) is 0 Å². The van der Waals surface area contributed by atoms with Crippen LogP contribution < -0.4 is 11.3 Å². The van der Waals surface area contributed by atoms with Crippen LogP contribution in [-0.2, 0) is 4.79 Å². The van der Waals surface area contributed by atoms with Crippen LogP contribution in [0.3, 0.4) is 0 Å². The Hall–Kier alpha value is -0.650. The molecule has 1 unspecified atom stereocenters. The molecule has 0 aromatic carbocycles. The maximum absolute atomic E-state index is 11.1. The summed E-state index contributed by atoms with van der Waals surface area (Å²) < 4.78 is 0. The molecule has 0 saturated carbocycles. The van der Waals surface area contributed by atoms with Gasteiger partial charge in [-0.15, -0.1) is 0 Å². The molecule has 1 fully saturated rings. The van der Waals surface area contributed by atoms with E-state index < -0.39 is 0 Å². The summed E-state index contributed by atoms with van der Waals surface area (Å²) in [6, 6.07) is 0.242. The summed E-state index contributed by atoms with van der Waals surface area (Å²) in [5, 5.41) is 0. The Morgan fingerprint density at radius 1 is 1.50 bits per heavy atom. The molecule has 1 amide bonds. The second kappa shape index (κ2) is 6.83. The third-order valence-corrected chi connectivity index (χ3v) is 3.36. The highest BCUT2D eigenvalue weighted by atomic mass is 16.2. The monoisotopic (exact) mass is 228 g/mol. The summed E-state index contributed by atoms with van der Waals surface area (Å²) in [6.07, 6.45) is 3.12. The van der Waals surface area contributed by atoms with Crippen molar-refractivity contribution in [1.82, 2.24) is 15.2 Å². The van der Waals surface area contributed by atoms with Crippen LogP contribution >= 0.6 is 0 Å². The van der Waals surface area contributed by atoms with E-state index in [2.05, 4.69) is 29.2 Å². The van der Waals surface area contributed by atoms with Gasteiger partial charge >= 0.3 is 0 Å². The van der Waals surface area contributed by atoms with Gasteiger partial charge in [0.1, 0.15) is 0 Å². The number of nitrogens with two attached hydrogens (primary N) is 1. The van der Waals surface area contributed by atoms with Crippen LogP contribution in [-0.4, -0.2) is 55.0 Å². The highest BCUT2D eigenvalue weighted by molar-refractivity contribution is 5.75. The van der Waals surface area contributed by atoms with Crippen LogP contribution in [0.5, 0.6) is 0 Å². The van der Waals surface area contributed by atoms with Gasteiger partial charge in [0, 0.05) is 25.6 Å². The molecule has 0 aliphatic carbocycles. The van der Waals surface area contributed by atoms with Crippen molar-refractivity contribution in [3.05, 3.63) is 0 Å². The molecular formula is C11H24N4O. The standard InChI is InChI=1S/C11H24N4O/c1-10(9-11(16)13-12)14(2)7-8-15-5-3-4-6-15/h10H,3-9,12H2,1-2H3,(H,13,16). The molecule has 1 heterocycles. The average molecular weight is 228 g/mol. The van der Waals surface area contributed by atoms with E-state index in [4.69, 9.17) is 5.84 Å². The fourth-order valence-corrected chi connectivity index (χ4v) is 2.01. The van der Waals surface area contributed by atoms with Gasteiger partial charge in [0.05, 0.1) is 0 Å². The molecule has 1 aliphatic rings. The van der Waals surface area contributed by atoms with Gasteiger partial charge in [0.2, 0.25) is 5.91 Å². The van der Waals surface area contributed by atoms with Crippen molar-refractivity contribution in [3.8, 4) is 0 Å². The molecule has 3 N–H and O–H groups in total. The van der Waals surface area contributed by atoms with Gasteiger partial charge < -0.3 is 9.80 Å². The number of nitrogens with zero attached hydrogens (tertiary/aromatic N) is 2. The van der Waals surface area contributed by atoms with E-state index in [1.54, 1.807) is 0 Å². The minimum Gasteiger partial charge on any atom is -0.302 e. The van der Waals surface area contributed by atoms with E-state index in [-0.39, 0.29) is 11.9 Å². The van der Waals surface area contributed by atoms with Gasteiger partial charge in [-0.2, -0.15) is 0 Å². The molecule has 0 spiro atoms. The molecule has 5 nitrogen and oxygen atoms in total. The van der Waals surface area contributed by atoms with Crippen molar-refractivity contribution < 1.29 is 4.79 Å². The van der Waals surface area contributed by atoms with Gasteiger partial charge in [-0.05, 0) is 39.9 Å². The first-order valence-corrected chi connectivity index (χ1v) is 6.05. The second-order valence-corrected chi connectivity index (χ2v) is 4.65. The number of amides is 1. The Morgan fingerprint density at radius 2 is 2.12 bits per heavy atom. The minimum atomic E-state index is -0.0967. The fraction of sp³-hybridized carbons (Fsp3) is 0.909. The molecule has 1 atom stereocenters. The summed E-state index contributed by atoms with van der Waals surface area (Å²) >= 11 is 0. The van der Waals surface area contributed by atoms with E-state index >= 15 is 0 Å². The predicted molar refractivity (Wildman–Crippen MR) is 64.7 cm³/mol. The summed E-state index contributed by atoms with van der Waals surface area (Å²) in [4.78, 5) is 15.8. The van der Waals surface area contributed by atoms with Gasteiger partial charge in [0.25, 0.3) is 0 Å². The largest absolute Gasteiger partial charge is 0.302 e. The molecular weight excluding hydrogens is 204 g/mol. The zero-order chi connectivity index (χ0) is 12.0. The van der Waals surface area contributed by atoms with Crippen LogP contribution in [0.2, 0.25) is 0 Å². The van der Waals surface area contributed by atoms with Crippen LogP contribution in [0, 0.1) is 0 Å². The summed E-state index contributed by atoms with van der Waals surface area (Å²) in [5.41, 5.74) is 2.17. The SMILES string of the molecule is CC(CC(=O)NN)N(C)CCN1CCCC1. The number of carbonyl (C=O) groups is 1. The summed E-state index contributed by atoms with van der Waals surface area (Å²) in [7, 11) is 2.06. The molecule has 94 valence electrons. The predicted octanol–water partition coefficient (Wildman–Crippen LogP) is -0.217. The van der Waals surface area contributed by atoms with Crippen LogP contribution in [0.4, 0.5) is 0 Å². The van der Waals surface area contributed by atoms with E-state index in [1.165, 1.54) is 25.9 Å². The second-order valence-electron chi connectivity index (χ2n) is 4.65. The number of carbonyl (C=O) groups excluding carboxylic acids is 1. The number of rotatable bonds is 6. The Kier molecular flexibility index (Phi) is 5.73. The first-order valence-electron chi connectivity index (χ1n) is 6.05. The van der Waals surface area contributed by atoms with E-state index in [0.717, 1.165) is 13.1 Å². The third kappa shape index (κ3) is 4.47. The number of nitrogens with one attached hydrogen (secondary N) is 1. The molecule has 5 heteroatoms. The Bertz CT molecular complexity index is 216. The van der Waals surface area contributed by atoms with E-state index in [9.17, 15) is 4.79 Å². The molecule has 0 radical (unpaired) electrons. The lowest BCUT2D eigenvalue weighted by Gasteiger charge is -2.26. The molecule has 1 rings (SSSR count). The Labute approximate surface area is 97.9 Å². The van der Waals surface area contributed by atoms with Crippen molar-refractivity contribution in [2.24, 2.45) is 5.84 Å². The number of hydrogen-bond acceptors (Lipinski definition) is 4. The highest BCUT2D eigenvalue weighted by Gasteiger charge is 2.16. The number of hydrogen-bond donors (Lipinski definition) is 2. The Balaban J connectivity index is 2.17. The quantitative estimate of drug-likeness (QED) is 0.375. The smallest absolute Gasteiger partial charge is 0.235 e. The topological polar surface area (TPSA) is 61.6 Å². The maximum Gasteiger partial charge on any atom is 0.235 e. The minimum absolute atomic E-state index is 0.0967. The van der Waals surface area contributed by atoms with Crippen molar-refractivity contribution in [2.45, 2.75) is 32.2 Å². The van der Waals surface area contributed by atoms with Gasteiger partial charge in [0.15, 0.2) is 0 Å². The van der Waals surface area contributed by atoms with Gasteiger partial charge in [-0.1, -0.05) is 0 Å². The molecule has 0 bridgehead atoms. The molecule has 0 aromatic rings. The lowest BCUT2D eigenvalue weighted by molar-refractivity contribution is -0.122. The van der Waals surface area contributed by atoms with Crippen molar-refractivity contribution in [2.75, 3.05) is 33.2 Å². The fourth-order valence-electron chi connectivity index (χ4n) is 2.01. The van der Waals surface area contributed by atoms with Crippen LogP contribution in [0.25, 0.3) is 0 Å².